The minimum absolute atomic E-state index is 0.954. The summed E-state index contributed by atoms with van der Waals surface area (Å²) in [5.74, 6) is 0.954. The zero-order valence-corrected chi connectivity index (χ0v) is 7.19. The maximum absolute atomic E-state index is 2.33. The molecule has 0 N–H and O–H groups in total. The maximum atomic E-state index is 2.33. The average Bonchev–Trinajstić information content (AvgIpc) is 2.36. The van der Waals surface area contributed by atoms with Gasteiger partial charge in [0.2, 0.25) is 0 Å². The van der Waals surface area contributed by atoms with Crippen LogP contribution in [-0.2, 0) is 0 Å². The van der Waals surface area contributed by atoms with Crippen molar-refractivity contribution in [2.75, 3.05) is 0 Å². The van der Waals surface area contributed by atoms with E-state index in [1.807, 2.05) is 0 Å². The fourth-order valence-electron chi connectivity index (χ4n) is 2.00. The van der Waals surface area contributed by atoms with Crippen LogP contribution in [0.15, 0.2) is 11.6 Å². The van der Waals surface area contributed by atoms with Crippen molar-refractivity contribution in [1.82, 2.24) is 0 Å². The second-order valence-electron chi connectivity index (χ2n) is 3.24. The minimum Gasteiger partial charge on any atom is -0.0882 e. The van der Waals surface area contributed by atoms with Crippen LogP contribution in [0.3, 0.4) is 0 Å². The van der Waals surface area contributed by atoms with E-state index in [1.165, 1.54) is 32.1 Å². The molecule has 0 saturated heterocycles. The summed E-state index contributed by atoms with van der Waals surface area (Å²) in [6, 6.07) is 0. The van der Waals surface area contributed by atoms with Gasteiger partial charge in [-0.05, 0) is 38.5 Å². The molecule has 1 aliphatic carbocycles. The number of rotatable bonds is 2. The Bertz CT molecular complexity index is 122. The van der Waals surface area contributed by atoms with Gasteiger partial charge in [0.1, 0.15) is 0 Å². The summed E-state index contributed by atoms with van der Waals surface area (Å²) in [6.07, 6.45) is 9.36. The standard InChI is InChI=1S/C10H18/c1-3-6-10-8-5-7-9(10)4-2/h4,10H,3,5-8H2,1-2H3. The van der Waals surface area contributed by atoms with Crippen molar-refractivity contribution in [3.63, 3.8) is 0 Å². The molecule has 1 fully saturated rings. The van der Waals surface area contributed by atoms with Crippen molar-refractivity contribution in [1.29, 1.82) is 0 Å². The lowest BCUT2D eigenvalue weighted by Crippen LogP contribution is -1.94. The highest BCUT2D eigenvalue weighted by molar-refractivity contribution is 5.09. The first-order chi connectivity index (χ1) is 4.88. The van der Waals surface area contributed by atoms with Gasteiger partial charge >= 0.3 is 0 Å². The summed E-state index contributed by atoms with van der Waals surface area (Å²) < 4.78 is 0. The van der Waals surface area contributed by atoms with E-state index in [0.29, 0.717) is 0 Å². The summed E-state index contributed by atoms with van der Waals surface area (Å²) in [4.78, 5) is 0. The zero-order valence-electron chi connectivity index (χ0n) is 7.19. The number of hydrogen-bond acceptors (Lipinski definition) is 0. The molecule has 0 amide bonds. The molecule has 58 valence electrons. The summed E-state index contributed by atoms with van der Waals surface area (Å²) >= 11 is 0. The quantitative estimate of drug-likeness (QED) is 0.512. The van der Waals surface area contributed by atoms with Gasteiger partial charge in [0.25, 0.3) is 0 Å². The second kappa shape index (κ2) is 3.80. The molecule has 1 aliphatic rings. The largest absolute Gasteiger partial charge is 0.0882 e. The third-order valence-corrected chi connectivity index (χ3v) is 2.55. The van der Waals surface area contributed by atoms with E-state index in [-0.39, 0.29) is 0 Å². The lowest BCUT2D eigenvalue weighted by atomic mass is 9.97. The Morgan fingerprint density at radius 3 is 3.00 bits per heavy atom. The molecule has 0 nitrogen and oxygen atoms in total. The zero-order chi connectivity index (χ0) is 7.40. The van der Waals surface area contributed by atoms with Crippen LogP contribution >= 0.6 is 0 Å². The molecular weight excluding hydrogens is 120 g/mol. The van der Waals surface area contributed by atoms with Crippen LogP contribution in [0.1, 0.15) is 46.0 Å². The van der Waals surface area contributed by atoms with Crippen molar-refractivity contribution in [2.45, 2.75) is 46.0 Å². The fourth-order valence-corrected chi connectivity index (χ4v) is 2.00. The van der Waals surface area contributed by atoms with E-state index in [0.717, 1.165) is 5.92 Å². The van der Waals surface area contributed by atoms with Gasteiger partial charge in [-0.1, -0.05) is 25.0 Å². The molecule has 0 aromatic carbocycles. The molecule has 0 spiro atoms. The Morgan fingerprint density at radius 1 is 1.60 bits per heavy atom. The van der Waals surface area contributed by atoms with Gasteiger partial charge in [-0.25, -0.2) is 0 Å². The van der Waals surface area contributed by atoms with Gasteiger partial charge < -0.3 is 0 Å². The first kappa shape index (κ1) is 7.84. The molecule has 0 heterocycles. The van der Waals surface area contributed by atoms with Crippen LogP contribution < -0.4 is 0 Å². The molecule has 0 aliphatic heterocycles. The second-order valence-corrected chi connectivity index (χ2v) is 3.24. The van der Waals surface area contributed by atoms with Crippen molar-refractivity contribution >= 4 is 0 Å². The van der Waals surface area contributed by atoms with Crippen molar-refractivity contribution in [2.24, 2.45) is 5.92 Å². The predicted octanol–water partition coefficient (Wildman–Crippen LogP) is 3.53. The Labute approximate surface area is 64.3 Å². The lowest BCUT2D eigenvalue weighted by molar-refractivity contribution is 0.563. The van der Waals surface area contributed by atoms with Crippen molar-refractivity contribution in [3.8, 4) is 0 Å². The molecule has 0 aromatic rings. The van der Waals surface area contributed by atoms with Gasteiger partial charge in [0, 0.05) is 0 Å². The summed E-state index contributed by atoms with van der Waals surface area (Å²) in [7, 11) is 0. The van der Waals surface area contributed by atoms with Crippen molar-refractivity contribution < 1.29 is 0 Å². The normalized spacial score (nSPS) is 29.8. The Kier molecular flexibility index (Phi) is 2.98. The van der Waals surface area contributed by atoms with Gasteiger partial charge in [-0.15, -0.1) is 0 Å². The molecule has 1 atom stereocenters. The summed E-state index contributed by atoms with van der Waals surface area (Å²) in [5.41, 5.74) is 1.72. The highest BCUT2D eigenvalue weighted by Crippen LogP contribution is 2.33. The van der Waals surface area contributed by atoms with Gasteiger partial charge in [-0.3, -0.25) is 0 Å². The third-order valence-electron chi connectivity index (χ3n) is 2.55. The average molecular weight is 138 g/mol. The molecule has 0 radical (unpaired) electrons. The molecule has 1 saturated carbocycles. The topological polar surface area (TPSA) is 0 Å². The molecule has 10 heavy (non-hydrogen) atoms. The smallest absolute Gasteiger partial charge is 0.0203 e. The van der Waals surface area contributed by atoms with Crippen LogP contribution in [0.4, 0.5) is 0 Å². The summed E-state index contributed by atoms with van der Waals surface area (Å²) in [5, 5.41) is 0. The predicted molar refractivity (Wildman–Crippen MR) is 46.0 cm³/mol. The van der Waals surface area contributed by atoms with Crippen LogP contribution in [0.2, 0.25) is 0 Å². The molecule has 0 aromatic heterocycles. The van der Waals surface area contributed by atoms with Gasteiger partial charge in [0.15, 0.2) is 0 Å². The van der Waals surface area contributed by atoms with E-state index < -0.39 is 0 Å². The van der Waals surface area contributed by atoms with E-state index in [2.05, 4.69) is 19.9 Å². The lowest BCUT2D eigenvalue weighted by Gasteiger charge is -2.08. The van der Waals surface area contributed by atoms with Crippen LogP contribution in [0.5, 0.6) is 0 Å². The molecule has 1 unspecified atom stereocenters. The maximum Gasteiger partial charge on any atom is -0.0203 e. The van der Waals surface area contributed by atoms with E-state index in [1.54, 1.807) is 5.57 Å². The van der Waals surface area contributed by atoms with Crippen LogP contribution in [0.25, 0.3) is 0 Å². The number of hydrogen-bond donors (Lipinski definition) is 0. The fraction of sp³-hybridized carbons (Fsp3) is 0.800. The van der Waals surface area contributed by atoms with Crippen LogP contribution in [-0.4, -0.2) is 0 Å². The Morgan fingerprint density at radius 2 is 2.40 bits per heavy atom. The monoisotopic (exact) mass is 138 g/mol. The minimum atomic E-state index is 0.954. The van der Waals surface area contributed by atoms with Gasteiger partial charge in [0.05, 0.1) is 0 Å². The Hall–Kier alpha value is -0.260. The van der Waals surface area contributed by atoms with E-state index in [9.17, 15) is 0 Å². The molecule has 0 heteroatoms. The first-order valence-electron chi connectivity index (χ1n) is 4.53. The van der Waals surface area contributed by atoms with Gasteiger partial charge in [-0.2, -0.15) is 0 Å². The third kappa shape index (κ3) is 1.62. The number of allylic oxidation sites excluding steroid dienone is 2. The van der Waals surface area contributed by atoms with Crippen molar-refractivity contribution in [3.05, 3.63) is 11.6 Å². The highest BCUT2D eigenvalue weighted by atomic mass is 14.2. The van der Waals surface area contributed by atoms with Crippen LogP contribution in [0, 0.1) is 5.92 Å². The molecule has 1 rings (SSSR count). The van der Waals surface area contributed by atoms with E-state index in [4.69, 9.17) is 0 Å². The highest BCUT2D eigenvalue weighted by Gasteiger charge is 2.18. The van der Waals surface area contributed by atoms with E-state index >= 15 is 0 Å². The first-order valence-corrected chi connectivity index (χ1v) is 4.53. The molecular formula is C10H18. The SMILES string of the molecule is CC=C1CCCC1CCC. The molecule has 0 bridgehead atoms. The summed E-state index contributed by atoms with van der Waals surface area (Å²) in [6.45, 7) is 4.47. The Balaban J connectivity index is 2.42.